The van der Waals surface area contributed by atoms with Crippen molar-refractivity contribution in [3.05, 3.63) is 59.5 Å². The Kier molecular flexibility index (Phi) is 10.7. The summed E-state index contributed by atoms with van der Waals surface area (Å²) < 4.78 is 23.4. The first-order valence-electron chi connectivity index (χ1n) is 17.7. The second-order valence-corrected chi connectivity index (χ2v) is 14.0. The summed E-state index contributed by atoms with van der Waals surface area (Å²) in [5.41, 5.74) is 5.95. The van der Waals surface area contributed by atoms with E-state index in [1.807, 2.05) is 32.0 Å². The number of carbonyl (C=O) groups is 2. The number of piperidine rings is 1. The normalized spacial score (nSPS) is 24.5. The number of nitrogens with one attached hydrogen (secondary N) is 1. The minimum atomic E-state index is -1.33. The van der Waals surface area contributed by atoms with Crippen LogP contribution >= 0.6 is 0 Å². The highest BCUT2D eigenvalue weighted by molar-refractivity contribution is 6.05. The lowest BCUT2D eigenvalue weighted by molar-refractivity contribution is -0.127. The third-order valence-electron chi connectivity index (χ3n) is 10.7. The van der Waals surface area contributed by atoms with Crippen LogP contribution in [0.25, 0.3) is 21.9 Å². The molecule has 2 aliphatic rings. The average Bonchev–Trinajstić information content (AvgIpc) is 3.70. The lowest BCUT2D eigenvalue weighted by Gasteiger charge is -2.44. The number of carboxylic acid groups (broad SMARTS) is 1. The van der Waals surface area contributed by atoms with Crippen molar-refractivity contribution in [1.29, 1.82) is 0 Å². The summed E-state index contributed by atoms with van der Waals surface area (Å²) in [7, 11) is 0. The van der Waals surface area contributed by atoms with Gasteiger partial charge >= 0.3 is 5.97 Å². The van der Waals surface area contributed by atoms with Crippen molar-refractivity contribution < 1.29 is 43.5 Å². The number of nitrogens with zero attached hydrogens (tertiary/aromatic N) is 1. The Balaban J connectivity index is 1.22. The molecule has 6 rings (SSSR count). The summed E-state index contributed by atoms with van der Waals surface area (Å²) in [6.45, 7) is 8.17. The number of hydrogen-bond donors (Lipinski definition) is 5. The molecule has 2 atom stereocenters. The predicted octanol–water partition coefficient (Wildman–Crippen LogP) is 5.12. The molecule has 50 heavy (non-hydrogen) atoms. The number of aromatic carboxylic acids is 1. The van der Waals surface area contributed by atoms with Gasteiger partial charge in [0.15, 0.2) is 0 Å². The second-order valence-electron chi connectivity index (χ2n) is 14.0. The number of ether oxygens (including phenoxy) is 3. The van der Waals surface area contributed by atoms with E-state index < -0.39 is 22.9 Å². The van der Waals surface area contributed by atoms with Crippen LogP contribution in [0, 0.1) is 5.92 Å². The largest absolute Gasteiger partial charge is 0.493 e. The highest BCUT2D eigenvalue weighted by Crippen LogP contribution is 2.49. The van der Waals surface area contributed by atoms with Gasteiger partial charge in [0.1, 0.15) is 29.4 Å². The number of aromatic nitrogens is 1. The van der Waals surface area contributed by atoms with E-state index in [4.69, 9.17) is 24.4 Å². The average molecular weight is 692 g/mol. The molecule has 12 nitrogen and oxygen atoms in total. The van der Waals surface area contributed by atoms with Gasteiger partial charge in [-0.05, 0) is 75.6 Å². The van der Waals surface area contributed by atoms with Gasteiger partial charge in [0, 0.05) is 67.2 Å². The van der Waals surface area contributed by atoms with Crippen molar-refractivity contribution in [2.75, 3.05) is 39.5 Å². The number of primary amides is 1. The molecule has 0 radical (unpaired) electrons. The number of H-pyrrole nitrogens is 1. The second kappa shape index (κ2) is 15.0. The zero-order valence-electron chi connectivity index (χ0n) is 28.9. The maximum absolute atomic E-state index is 13.5. The van der Waals surface area contributed by atoms with Crippen molar-refractivity contribution in [1.82, 2.24) is 9.88 Å². The lowest BCUT2D eigenvalue weighted by Crippen LogP contribution is -2.50. The number of furan rings is 1. The molecule has 1 amide bonds. The van der Waals surface area contributed by atoms with Crippen LogP contribution < -0.4 is 15.2 Å². The number of likely N-dealkylation sites (tertiary alicyclic amines) is 1. The molecule has 1 saturated heterocycles. The van der Waals surface area contributed by atoms with Crippen LogP contribution in [0.5, 0.6) is 11.5 Å². The van der Waals surface area contributed by atoms with Crippen LogP contribution in [0.1, 0.15) is 80.4 Å². The van der Waals surface area contributed by atoms with Gasteiger partial charge in [0.2, 0.25) is 5.91 Å². The van der Waals surface area contributed by atoms with Crippen LogP contribution in [0.2, 0.25) is 0 Å². The molecule has 2 fully saturated rings. The topological polar surface area (TPSA) is 181 Å². The van der Waals surface area contributed by atoms with Gasteiger partial charge in [-0.25, -0.2) is 4.79 Å². The number of aromatic amines is 1. The van der Waals surface area contributed by atoms with Crippen LogP contribution in [-0.4, -0.2) is 88.2 Å². The molecule has 0 unspecified atom stereocenters. The van der Waals surface area contributed by atoms with Gasteiger partial charge in [-0.2, -0.15) is 0 Å². The maximum atomic E-state index is 13.5. The SMILES string of the molecule is CCOCCCOc1ccc2c(COc3cccc4[nH]c(C(=O)O)c(C5(C(N)=O)CCC(O)(CCN6CC[C@H](O)[C@@H](C)C6)CC5)c34)coc2c1. The van der Waals surface area contributed by atoms with Gasteiger partial charge in [0.25, 0.3) is 0 Å². The number of aliphatic hydroxyl groups excluding tert-OH is 1. The zero-order chi connectivity index (χ0) is 35.5. The van der Waals surface area contributed by atoms with Crippen molar-refractivity contribution in [2.45, 2.75) is 82.5 Å². The Labute approximate surface area is 291 Å². The van der Waals surface area contributed by atoms with E-state index in [0.29, 0.717) is 72.8 Å². The number of fused-ring (bicyclic) bond motifs is 2. The Hall–Kier alpha value is -4.10. The van der Waals surface area contributed by atoms with Crippen LogP contribution in [-0.2, 0) is 21.6 Å². The van der Waals surface area contributed by atoms with E-state index in [9.17, 15) is 24.9 Å². The monoisotopic (exact) mass is 691 g/mol. The highest BCUT2D eigenvalue weighted by atomic mass is 16.5. The van der Waals surface area contributed by atoms with Crippen LogP contribution in [0.3, 0.4) is 0 Å². The molecule has 1 aliphatic carbocycles. The number of amides is 1. The quantitative estimate of drug-likeness (QED) is 0.105. The lowest BCUT2D eigenvalue weighted by atomic mass is 9.63. The number of benzene rings is 2. The van der Waals surface area contributed by atoms with Crippen molar-refractivity contribution in [2.24, 2.45) is 11.7 Å². The molecule has 1 saturated carbocycles. The van der Waals surface area contributed by atoms with E-state index in [2.05, 4.69) is 9.88 Å². The standard InChI is InChI=1S/C38H49N3O9/c1-3-47-18-5-19-48-26-8-9-27-25(23-50-31(27)20-26)22-49-30-7-4-6-28-32(30)33(34(40-28)35(43)44)38(36(39)45)13-11-37(46,12-14-38)15-17-41-16-10-29(42)24(2)21-41/h4,6-9,20,23-24,29,40,42,46H,3,5,10-19,21-22H2,1-2H3,(H2,39,45)(H,43,44)/t24-,29-,37?,38?/m0/s1. The fraction of sp³-hybridized carbons (Fsp3) is 0.526. The van der Waals surface area contributed by atoms with E-state index in [1.54, 1.807) is 24.5 Å². The van der Waals surface area contributed by atoms with Gasteiger partial charge in [-0.3, -0.25) is 4.79 Å². The minimum Gasteiger partial charge on any atom is -0.493 e. The summed E-state index contributed by atoms with van der Waals surface area (Å²) in [4.78, 5) is 31.4. The van der Waals surface area contributed by atoms with E-state index >= 15 is 0 Å². The third-order valence-corrected chi connectivity index (χ3v) is 10.7. The molecule has 2 aromatic heterocycles. The number of rotatable bonds is 15. The minimum absolute atomic E-state index is 0.108. The summed E-state index contributed by atoms with van der Waals surface area (Å²) in [6, 6.07) is 10.9. The first kappa shape index (κ1) is 35.7. The first-order chi connectivity index (χ1) is 24.0. The molecule has 6 N–H and O–H groups in total. The molecular weight excluding hydrogens is 642 g/mol. The highest BCUT2D eigenvalue weighted by Gasteiger charge is 2.50. The van der Waals surface area contributed by atoms with Gasteiger partial charge in [-0.1, -0.05) is 13.0 Å². The van der Waals surface area contributed by atoms with E-state index in [1.165, 1.54) is 0 Å². The fourth-order valence-corrected chi connectivity index (χ4v) is 7.69. The summed E-state index contributed by atoms with van der Waals surface area (Å²) in [5.74, 6) is -0.570. The number of hydrogen-bond acceptors (Lipinski definition) is 9. The van der Waals surface area contributed by atoms with Crippen molar-refractivity contribution in [3.8, 4) is 11.5 Å². The molecule has 1 aliphatic heterocycles. The molecule has 12 heteroatoms. The Bertz CT molecular complexity index is 1810. The molecule has 270 valence electrons. The van der Waals surface area contributed by atoms with Gasteiger partial charge in [0.05, 0.1) is 35.5 Å². The predicted molar refractivity (Wildman–Crippen MR) is 188 cm³/mol. The molecule has 0 spiro atoms. The zero-order valence-corrected chi connectivity index (χ0v) is 28.9. The van der Waals surface area contributed by atoms with Crippen LogP contribution in [0.4, 0.5) is 0 Å². The van der Waals surface area contributed by atoms with Crippen LogP contribution in [0.15, 0.2) is 47.1 Å². The van der Waals surface area contributed by atoms with Gasteiger partial charge in [-0.15, -0.1) is 0 Å². The van der Waals surface area contributed by atoms with Gasteiger partial charge < -0.3 is 49.6 Å². The maximum Gasteiger partial charge on any atom is 0.352 e. The Morgan fingerprint density at radius 2 is 1.92 bits per heavy atom. The van der Waals surface area contributed by atoms with E-state index in [0.717, 1.165) is 30.5 Å². The number of carbonyl (C=O) groups excluding carboxylic acids is 1. The Morgan fingerprint density at radius 1 is 1.12 bits per heavy atom. The molecular formula is C38H49N3O9. The molecule has 2 aromatic carbocycles. The first-order valence-corrected chi connectivity index (χ1v) is 17.7. The summed E-state index contributed by atoms with van der Waals surface area (Å²) in [5, 5.41) is 33.4. The van der Waals surface area contributed by atoms with E-state index in [-0.39, 0.29) is 50.0 Å². The Morgan fingerprint density at radius 3 is 2.64 bits per heavy atom. The summed E-state index contributed by atoms with van der Waals surface area (Å²) in [6.07, 6.45) is 4.28. The molecule has 4 aromatic rings. The summed E-state index contributed by atoms with van der Waals surface area (Å²) >= 11 is 0. The number of carboxylic acids is 1. The molecule has 3 heterocycles. The fourth-order valence-electron chi connectivity index (χ4n) is 7.69. The third kappa shape index (κ3) is 7.34. The number of aliphatic hydroxyl groups is 2. The van der Waals surface area contributed by atoms with Crippen molar-refractivity contribution >= 4 is 33.7 Å². The smallest absolute Gasteiger partial charge is 0.352 e. The van der Waals surface area contributed by atoms with Crippen molar-refractivity contribution in [3.63, 3.8) is 0 Å². The molecule has 0 bridgehead atoms. The number of nitrogens with two attached hydrogens (primary N) is 1.